The fourth-order valence-electron chi connectivity index (χ4n) is 4.56. The number of rotatable bonds is 7. The highest BCUT2D eigenvalue weighted by molar-refractivity contribution is 6.05. The van der Waals surface area contributed by atoms with E-state index in [1.807, 2.05) is 12.1 Å². The number of carbonyl (C=O) groups excluding carboxylic acids is 4. The van der Waals surface area contributed by atoms with Gasteiger partial charge in [0.05, 0.1) is 13.1 Å². The number of fused-ring (bicyclic) bond motifs is 1. The number of hydrogen-bond acceptors (Lipinski definition) is 5. The molecule has 9 nitrogen and oxygen atoms in total. The molecule has 9 heteroatoms. The SMILES string of the molecule is O=C(CN1CCN(C(=O)CNC(=O)[C@@H]2c3ccccc3C(=O)N2C2CC2)CC1)NC1CC1. The zero-order chi connectivity index (χ0) is 22.2. The molecule has 0 aromatic heterocycles. The molecule has 1 saturated heterocycles. The standard InChI is InChI=1S/C23H29N5O4/c29-19(25-15-5-6-15)14-26-9-11-27(12-10-26)20(30)13-24-22(31)21-17-3-1-2-4-18(17)23(32)28(21)16-7-8-16/h1-4,15-16,21H,5-14H2,(H,24,31)(H,25,29)/t21-/m0/s1. The van der Waals surface area contributed by atoms with Gasteiger partial charge >= 0.3 is 0 Å². The molecule has 5 rings (SSSR count). The third-order valence-corrected chi connectivity index (χ3v) is 6.64. The largest absolute Gasteiger partial charge is 0.352 e. The van der Waals surface area contributed by atoms with Crippen molar-refractivity contribution < 1.29 is 19.2 Å². The zero-order valence-electron chi connectivity index (χ0n) is 18.1. The van der Waals surface area contributed by atoms with Crippen LogP contribution in [0.4, 0.5) is 0 Å². The number of carbonyl (C=O) groups is 4. The van der Waals surface area contributed by atoms with Gasteiger partial charge in [0.15, 0.2) is 0 Å². The van der Waals surface area contributed by atoms with E-state index in [9.17, 15) is 19.2 Å². The molecule has 2 aliphatic carbocycles. The molecular formula is C23H29N5O4. The minimum Gasteiger partial charge on any atom is -0.352 e. The summed E-state index contributed by atoms with van der Waals surface area (Å²) in [6, 6.07) is 7.01. The number of nitrogens with one attached hydrogen (secondary N) is 2. The number of hydrogen-bond donors (Lipinski definition) is 2. The van der Waals surface area contributed by atoms with E-state index in [4.69, 9.17) is 0 Å². The van der Waals surface area contributed by atoms with Gasteiger partial charge in [-0.25, -0.2) is 0 Å². The number of benzene rings is 1. The molecule has 2 heterocycles. The fourth-order valence-corrected chi connectivity index (χ4v) is 4.56. The summed E-state index contributed by atoms with van der Waals surface area (Å²) < 4.78 is 0. The smallest absolute Gasteiger partial charge is 0.255 e. The summed E-state index contributed by atoms with van der Waals surface area (Å²) in [6.45, 7) is 2.61. The topological polar surface area (TPSA) is 102 Å². The molecule has 1 aromatic rings. The van der Waals surface area contributed by atoms with Gasteiger partial charge in [0.25, 0.3) is 5.91 Å². The van der Waals surface area contributed by atoms with Gasteiger partial charge in [0, 0.05) is 43.8 Å². The van der Waals surface area contributed by atoms with Crippen molar-refractivity contribution in [2.75, 3.05) is 39.3 Å². The van der Waals surface area contributed by atoms with E-state index in [-0.39, 0.29) is 36.2 Å². The first-order valence-corrected chi connectivity index (χ1v) is 11.5. The summed E-state index contributed by atoms with van der Waals surface area (Å²) in [4.78, 5) is 55.9. The molecule has 4 aliphatic rings. The lowest BCUT2D eigenvalue weighted by atomic mass is 10.0. The molecule has 170 valence electrons. The first-order chi connectivity index (χ1) is 15.5. The van der Waals surface area contributed by atoms with E-state index in [2.05, 4.69) is 15.5 Å². The van der Waals surface area contributed by atoms with Gasteiger partial charge in [-0.15, -0.1) is 0 Å². The van der Waals surface area contributed by atoms with Gasteiger partial charge < -0.3 is 20.4 Å². The van der Waals surface area contributed by atoms with Crippen molar-refractivity contribution in [3.05, 3.63) is 35.4 Å². The lowest BCUT2D eigenvalue weighted by Gasteiger charge is -2.34. The lowest BCUT2D eigenvalue weighted by molar-refractivity contribution is -0.135. The normalized spacial score (nSPS) is 23.1. The Kier molecular flexibility index (Phi) is 5.58. The van der Waals surface area contributed by atoms with E-state index < -0.39 is 6.04 Å². The van der Waals surface area contributed by atoms with Crippen LogP contribution in [0.15, 0.2) is 24.3 Å². The highest BCUT2D eigenvalue weighted by Crippen LogP contribution is 2.41. The van der Waals surface area contributed by atoms with E-state index in [0.29, 0.717) is 49.9 Å². The fraction of sp³-hybridized carbons (Fsp3) is 0.565. The Morgan fingerprint density at radius 3 is 2.38 bits per heavy atom. The minimum atomic E-state index is -0.666. The van der Waals surface area contributed by atoms with Crippen LogP contribution < -0.4 is 10.6 Å². The van der Waals surface area contributed by atoms with E-state index in [1.54, 1.807) is 21.9 Å². The molecular weight excluding hydrogens is 410 g/mol. The second kappa shape index (κ2) is 8.54. The van der Waals surface area contributed by atoms with Crippen LogP contribution in [0.5, 0.6) is 0 Å². The van der Waals surface area contributed by atoms with Crippen LogP contribution in [0.1, 0.15) is 47.6 Å². The quantitative estimate of drug-likeness (QED) is 0.617. The molecule has 2 saturated carbocycles. The molecule has 0 spiro atoms. The summed E-state index contributed by atoms with van der Waals surface area (Å²) >= 11 is 0. The third kappa shape index (κ3) is 4.34. The molecule has 32 heavy (non-hydrogen) atoms. The second-order valence-electron chi connectivity index (χ2n) is 9.15. The predicted molar refractivity (Wildman–Crippen MR) is 116 cm³/mol. The summed E-state index contributed by atoms with van der Waals surface area (Å²) in [5.41, 5.74) is 1.29. The maximum absolute atomic E-state index is 13.0. The average molecular weight is 440 g/mol. The Labute approximate surface area is 187 Å². The Morgan fingerprint density at radius 2 is 1.69 bits per heavy atom. The summed E-state index contributed by atoms with van der Waals surface area (Å²) in [6.07, 6.45) is 3.95. The van der Waals surface area contributed by atoms with Crippen LogP contribution in [0.25, 0.3) is 0 Å². The van der Waals surface area contributed by atoms with Crippen LogP contribution in [0, 0.1) is 0 Å². The van der Waals surface area contributed by atoms with Crippen LogP contribution in [-0.4, -0.2) is 89.7 Å². The molecule has 1 aromatic carbocycles. The van der Waals surface area contributed by atoms with Crippen LogP contribution in [-0.2, 0) is 14.4 Å². The van der Waals surface area contributed by atoms with E-state index in [0.717, 1.165) is 25.7 Å². The molecule has 0 unspecified atom stereocenters. The maximum atomic E-state index is 13.0. The first kappa shape index (κ1) is 20.9. The van der Waals surface area contributed by atoms with Crippen molar-refractivity contribution in [2.45, 2.75) is 43.8 Å². The predicted octanol–water partition coefficient (Wildman–Crippen LogP) is -0.115. The Balaban J connectivity index is 1.12. The van der Waals surface area contributed by atoms with Gasteiger partial charge in [0.2, 0.25) is 17.7 Å². The van der Waals surface area contributed by atoms with E-state index in [1.165, 1.54) is 0 Å². The molecule has 4 amide bonds. The maximum Gasteiger partial charge on any atom is 0.255 e. The number of amides is 4. The van der Waals surface area contributed by atoms with Gasteiger partial charge in [0.1, 0.15) is 6.04 Å². The number of nitrogens with zero attached hydrogens (tertiary/aromatic N) is 3. The van der Waals surface area contributed by atoms with Gasteiger partial charge in [-0.05, 0) is 37.3 Å². The van der Waals surface area contributed by atoms with Crippen molar-refractivity contribution in [1.82, 2.24) is 25.3 Å². The lowest BCUT2D eigenvalue weighted by Crippen LogP contribution is -2.53. The second-order valence-corrected chi connectivity index (χ2v) is 9.15. The molecule has 3 fully saturated rings. The molecule has 2 aliphatic heterocycles. The van der Waals surface area contributed by atoms with Crippen molar-refractivity contribution in [3.63, 3.8) is 0 Å². The molecule has 2 N–H and O–H groups in total. The Bertz CT molecular complexity index is 934. The van der Waals surface area contributed by atoms with Crippen LogP contribution in [0.3, 0.4) is 0 Å². The van der Waals surface area contributed by atoms with Crippen molar-refractivity contribution in [2.24, 2.45) is 0 Å². The zero-order valence-corrected chi connectivity index (χ0v) is 18.1. The highest BCUT2D eigenvalue weighted by Gasteiger charge is 2.47. The summed E-state index contributed by atoms with van der Waals surface area (Å²) in [7, 11) is 0. The van der Waals surface area contributed by atoms with Crippen LogP contribution >= 0.6 is 0 Å². The third-order valence-electron chi connectivity index (χ3n) is 6.64. The monoisotopic (exact) mass is 439 g/mol. The Morgan fingerprint density at radius 1 is 0.969 bits per heavy atom. The van der Waals surface area contributed by atoms with Crippen molar-refractivity contribution >= 4 is 23.6 Å². The molecule has 0 bridgehead atoms. The van der Waals surface area contributed by atoms with Crippen molar-refractivity contribution in [1.29, 1.82) is 0 Å². The van der Waals surface area contributed by atoms with Crippen molar-refractivity contribution in [3.8, 4) is 0 Å². The number of piperazine rings is 1. The van der Waals surface area contributed by atoms with Gasteiger partial charge in [-0.2, -0.15) is 0 Å². The highest BCUT2D eigenvalue weighted by atomic mass is 16.2. The van der Waals surface area contributed by atoms with Gasteiger partial charge in [-0.3, -0.25) is 24.1 Å². The minimum absolute atomic E-state index is 0.0474. The van der Waals surface area contributed by atoms with E-state index >= 15 is 0 Å². The Hall–Kier alpha value is -2.94. The van der Waals surface area contributed by atoms with Gasteiger partial charge in [-0.1, -0.05) is 18.2 Å². The average Bonchev–Trinajstić information content (AvgIpc) is 3.72. The molecule has 1 atom stereocenters. The molecule has 0 radical (unpaired) electrons. The summed E-state index contributed by atoms with van der Waals surface area (Å²) in [5, 5.41) is 5.75. The van der Waals surface area contributed by atoms with Crippen LogP contribution in [0.2, 0.25) is 0 Å². The summed E-state index contributed by atoms with van der Waals surface area (Å²) in [5.74, 6) is -0.502. The first-order valence-electron chi connectivity index (χ1n) is 11.5.